The van der Waals surface area contributed by atoms with Gasteiger partial charge in [-0.25, -0.2) is 0 Å². The quantitative estimate of drug-likeness (QED) is 0.878. The molecule has 1 unspecified atom stereocenters. The zero-order valence-corrected chi connectivity index (χ0v) is 11.9. The van der Waals surface area contributed by atoms with Gasteiger partial charge in [0.25, 0.3) is 0 Å². The fraction of sp³-hybridized carbons (Fsp3) is 0.333. The molecule has 1 atom stereocenters. The summed E-state index contributed by atoms with van der Waals surface area (Å²) in [6.07, 6.45) is 0.296. The van der Waals surface area contributed by atoms with E-state index in [0.717, 1.165) is 0 Å². The molecule has 0 saturated heterocycles. The summed E-state index contributed by atoms with van der Waals surface area (Å²) in [5.74, 6) is 0. The van der Waals surface area contributed by atoms with E-state index in [1.165, 1.54) is 16.7 Å². The normalized spacial score (nSPS) is 13.3. The Balaban J connectivity index is 2.20. The molecule has 2 aromatic carbocycles. The molecule has 0 aromatic heterocycles. The smallest absolute Gasteiger partial charge is 0.0671 e. The van der Waals surface area contributed by atoms with E-state index in [4.69, 9.17) is 0 Å². The van der Waals surface area contributed by atoms with Gasteiger partial charge in [0.2, 0.25) is 0 Å². The second-order valence-electron chi connectivity index (χ2n) is 5.73. The van der Waals surface area contributed by atoms with Crippen molar-refractivity contribution in [2.45, 2.75) is 38.7 Å². The van der Waals surface area contributed by atoms with E-state index in [0.29, 0.717) is 6.42 Å². The van der Waals surface area contributed by atoms with Crippen LogP contribution >= 0.6 is 0 Å². The third-order valence-corrected chi connectivity index (χ3v) is 4.03. The lowest BCUT2D eigenvalue weighted by atomic mass is 9.77. The zero-order valence-electron chi connectivity index (χ0n) is 11.9. The average molecular weight is 254 g/mol. The highest BCUT2D eigenvalue weighted by Gasteiger charge is 2.29. The van der Waals surface area contributed by atoms with Gasteiger partial charge in [0.15, 0.2) is 0 Å². The van der Waals surface area contributed by atoms with Crippen molar-refractivity contribution in [2.75, 3.05) is 0 Å². The van der Waals surface area contributed by atoms with Crippen LogP contribution in [-0.2, 0) is 11.8 Å². The van der Waals surface area contributed by atoms with Crippen LogP contribution in [0.3, 0.4) is 0 Å². The highest BCUT2D eigenvalue weighted by molar-refractivity contribution is 5.30. The van der Waals surface area contributed by atoms with Gasteiger partial charge in [0.05, 0.1) is 6.10 Å². The summed E-state index contributed by atoms with van der Waals surface area (Å²) >= 11 is 0. The van der Waals surface area contributed by atoms with Crippen LogP contribution in [0.1, 0.15) is 30.5 Å². The van der Waals surface area contributed by atoms with Gasteiger partial charge in [-0.15, -0.1) is 0 Å². The Morgan fingerprint density at radius 1 is 0.947 bits per heavy atom. The van der Waals surface area contributed by atoms with Crippen molar-refractivity contribution in [3.8, 4) is 0 Å². The lowest BCUT2D eigenvalue weighted by Gasteiger charge is -2.31. The van der Waals surface area contributed by atoms with Crippen LogP contribution in [0, 0.1) is 6.92 Å². The Morgan fingerprint density at radius 2 is 1.53 bits per heavy atom. The third kappa shape index (κ3) is 3.05. The molecule has 0 aliphatic heterocycles. The largest absolute Gasteiger partial charge is 0.392 e. The van der Waals surface area contributed by atoms with Gasteiger partial charge in [0, 0.05) is 5.41 Å². The Labute approximate surface area is 115 Å². The molecule has 1 N–H and O–H groups in total. The van der Waals surface area contributed by atoms with Crippen LogP contribution in [0.2, 0.25) is 0 Å². The summed E-state index contributed by atoms with van der Waals surface area (Å²) < 4.78 is 0. The second-order valence-corrected chi connectivity index (χ2v) is 5.73. The summed E-state index contributed by atoms with van der Waals surface area (Å²) in [7, 11) is 0. The maximum atomic E-state index is 10.6. The molecule has 2 rings (SSSR count). The van der Waals surface area contributed by atoms with Gasteiger partial charge >= 0.3 is 0 Å². The minimum atomic E-state index is -0.393. The van der Waals surface area contributed by atoms with Crippen LogP contribution in [0.15, 0.2) is 54.6 Å². The number of aliphatic hydroxyl groups excluding tert-OH is 1. The van der Waals surface area contributed by atoms with Gasteiger partial charge in [0.1, 0.15) is 0 Å². The fourth-order valence-corrected chi connectivity index (χ4v) is 2.36. The molecule has 0 aliphatic rings. The molecule has 0 heterocycles. The van der Waals surface area contributed by atoms with Crippen molar-refractivity contribution in [1.82, 2.24) is 0 Å². The number of rotatable bonds is 4. The van der Waals surface area contributed by atoms with Crippen molar-refractivity contribution in [3.05, 3.63) is 71.3 Å². The maximum absolute atomic E-state index is 10.6. The van der Waals surface area contributed by atoms with Crippen LogP contribution in [0.5, 0.6) is 0 Å². The number of aryl methyl sites for hydroxylation is 1. The van der Waals surface area contributed by atoms with Crippen molar-refractivity contribution >= 4 is 0 Å². The van der Waals surface area contributed by atoms with Gasteiger partial charge in [-0.05, 0) is 30.0 Å². The second kappa shape index (κ2) is 5.58. The standard InChI is InChI=1S/C18H22O/c1-14-9-7-8-10-15(14)13-17(19)18(2,3)16-11-5-4-6-12-16/h4-12,17,19H,13H2,1-3H3. The molecule has 0 amide bonds. The lowest BCUT2D eigenvalue weighted by Crippen LogP contribution is -2.35. The topological polar surface area (TPSA) is 20.2 Å². The molecule has 1 nitrogen and oxygen atoms in total. The highest BCUT2D eigenvalue weighted by atomic mass is 16.3. The lowest BCUT2D eigenvalue weighted by molar-refractivity contribution is 0.0998. The fourth-order valence-electron chi connectivity index (χ4n) is 2.36. The predicted octanol–water partition coefficient (Wildman–Crippen LogP) is 3.88. The van der Waals surface area contributed by atoms with Crippen molar-refractivity contribution < 1.29 is 5.11 Å². The minimum absolute atomic E-state index is 0.246. The first-order valence-corrected chi connectivity index (χ1v) is 6.80. The van der Waals surface area contributed by atoms with E-state index in [2.05, 4.69) is 45.0 Å². The van der Waals surface area contributed by atoms with E-state index in [-0.39, 0.29) is 5.41 Å². The summed E-state index contributed by atoms with van der Waals surface area (Å²) in [6, 6.07) is 18.5. The van der Waals surface area contributed by atoms with E-state index in [1.54, 1.807) is 0 Å². The van der Waals surface area contributed by atoms with Crippen molar-refractivity contribution in [1.29, 1.82) is 0 Å². The highest BCUT2D eigenvalue weighted by Crippen LogP contribution is 2.29. The Bertz CT molecular complexity index is 528. The van der Waals surface area contributed by atoms with Gasteiger partial charge in [-0.2, -0.15) is 0 Å². The Kier molecular flexibility index (Phi) is 4.06. The molecule has 19 heavy (non-hydrogen) atoms. The molecular weight excluding hydrogens is 232 g/mol. The van der Waals surface area contributed by atoms with Crippen LogP contribution in [0.25, 0.3) is 0 Å². The molecule has 0 bridgehead atoms. The maximum Gasteiger partial charge on any atom is 0.0671 e. The van der Waals surface area contributed by atoms with E-state index >= 15 is 0 Å². The average Bonchev–Trinajstić information content (AvgIpc) is 2.42. The monoisotopic (exact) mass is 254 g/mol. The summed E-state index contributed by atoms with van der Waals surface area (Å²) in [5, 5.41) is 10.6. The molecular formula is C18H22O. The summed E-state index contributed by atoms with van der Waals surface area (Å²) in [4.78, 5) is 0. The van der Waals surface area contributed by atoms with Crippen molar-refractivity contribution in [2.24, 2.45) is 0 Å². The number of benzene rings is 2. The number of aliphatic hydroxyl groups is 1. The summed E-state index contributed by atoms with van der Waals surface area (Å²) in [6.45, 7) is 6.30. The van der Waals surface area contributed by atoms with E-state index in [9.17, 15) is 5.11 Å². The molecule has 0 saturated carbocycles. The third-order valence-electron chi connectivity index (χ3n) is 4.03. The zero-order chi connectivity index (χ0) is 13.9. The van der Waals surface area contributed by atoms with Gasteiger partial charge in [-0.3, -0.25) is 0 Å². The molecule has 1 heteroatoms. The van der Waals surface area contributed by atoms with E-state index < -0.39 is 6.10 Å². The first-order valence-electron chi connectivity index (χ1n) is 6.80. The summed E-state index contributed by atoms with van der Waals surface area (Å²) in [5.41, 5.74) is 3.39. The van der Waals surface area contributed by atoms with Gasteiger partial charge < -0.3 is 5.11 Å². The van der Waals surface area contributed by atoms with Crippen LogP contribution < -0.4 is 0 Å². The molecule has 0 spiro atoms. The van der Waals surface area contributed by atoms with Crippen molar-refractivity contribution in [3.63, 3.8) is 0 Å². The molecule has 0 aliphatic carbocycles. The number of hydrogen-bond acceptors (Lipinski definition) is 1. The van der Waals surface area contributed by atoms with Gasteiger partial charge in [-0.1, -0.05) is 68.4 Å². The Hall–Kier alpha value is -1.60. The molecule has 0 radical (unpaired) electrons. The Morgan fingerprint density at radius 3 is 2.16 bits per heavy atom. The predicted molar refractivity (Wildman–Crippen MR) is 80.4 cm³/mol. The number of hydrogen-bond donors (Lipinski definition) is 1. The molecule has 0 fully saturated rings. The first-order chi connectivity index (χ1) is 9.01. The minimum Gasteiger partial charge on any atom is -0.392 e. The van der Waals surface area contributed by atoms with Crippen LogP contribution in [-0.4, -0.2) is 11.2 Å². The first kappa shape index (κ1) is 13.8. The molecule has 2 aromatic rings. The SMILES string of the molecule is Cc1ccccc1CC(O)C(C)(C)c1ccccc1. The molecule has 100 valence electrons. The van der Waals surface area contributed by atoms with Crippen LogP contribution in [0.4, 0.5) is 0 Å². The van der Waals surface area contributed by atoms with E-state index in [1.807, 2.05) is 30.3 Å².